The van der Waals surface area contributed by atoms with Gasteiger partial charge in [0, 0.05) is 43.6 Å². The van der Waals surface area contributed by atoms with Crippen LogP contribution >= 0.6 is 0 Å². The van der Waals surface area contributed by atoms with Crippen molar-refractivity contribution in [1.29, 1.82) is 0 Å². The lowest BCUT2D eigenvalue weighted by atomic mass is 10.2. The largest absolute Gasteiger partial charge is 0.417 e. The Morgan fingerprint density at radius 1 is 0.882 bits per heavy atom. The Balaban J connectivity index is 1.27. The highest BCUT2D eigenvalue weighted by Crippen LogP contribution is 2.29. The molecule has 1 aliphatic rings. The SMILES string of the molecule is O=C(Nc1ccc(OC(=O)N2CCN(c3ccc(C(F)(F)F)cn3)CC2)cc1)c1ccccc1. The minimum atomic E-state index is -4.43. The number of benzene rings is 2. The monoisotopic (exact) mass is 470 g/mol. The first-order valence-electron chi connectivity index (χ1n) is 10.5. The summed E-state index contributed by atoms with van der Waals surface area (Å²) < 4.78 is 43.5. The van der Waals surface area contributed by atoms with Crippen LogP contribution in [0.1, 0.15) is 15.9 Å². The summed E-state index contributed by atoms with van der Waals surface area (Å²) in [5.41, 5.74) is 0.291. The highest BCUT2D eigenvalue weighted by Gasteiger charge is 2.31. The fourth-order valence-electron chi connectivity index (χ4n) is 3.42. The van der Waals surface area contributed by atoms with E-state index in [1.54, 1.807) is 48.5 Å². The van der Waals surface area contributed by atoms with Crippen molar-refractivity contribution in [3.05, 3.63) is 84.1 Å². The van der Waals surface area contributed by atoms with Crippen LogP contribution in [-0.4, -0.2) is 48.1 Å². The number of carbonyl (C=O) groups excluding carboxylic acids is 2. The molecule has 0 spiro atoms. The average Bonchev–Trinajstić information content (AvgIpc) is 2.85. The maximum atomic E-state index is 12.7. The molecule has 0 bridgehead atoms. The normalized spacial score (nSPS) is 14.0. The third-order valence-electron chi connectivity index (χ3n) is 5.29. The van der Waals surface area contributed by atoms with E-state index < -0.39 is 17.8 Å². The Hall–Kier alpha value is -4.08. The molecule has 1 fully saturated rings. The maximum absolute atomic E-state index is 12.7. The van der Waals surface area contributed by atoms with Gasteiger partial charge in [-0.05, 0) is 48.5 Å². The molecule has 34 heavy (non-hydrogen) atoms. The third kappa shape index (κ3) is 5.64. The van der Waals surface area contributed by atoms with Crippen molar-refractivity contribution in [2.24, 2.45) is 0 Å². The van der Waals surface area contributed by atoms with Gasteiger partial charge in [-0.2, -0.15) is 13.2 Å². The summed E-state index contributed by atoms with van der Waals surface area (Å²) in [5.74, 6) is 0.509. The van der Waals surface area contributed by atoms with Gasteiger partial charge in [-0.1, -0.05) is 18.2 Å². The van der Waals surface area contributed by atoms with Gasteiger partial charge in [-0.3, -0.25) is 4.79 Å². The van der Waals surface area contributed by atoms with Crippen LogP contribution in [0.15, 0.2) is 72.9 Å². The number of amides is 2. The van der Waals surface area contributed by atoms with Gasteiger partial charge in [0.25, 0.3) is 5.91 Å². The molecule has 1 N–H and O–H groups in total. The number of nitrogens with one attached hydrogen (secondary N) is 1. The number of ether oxygens (including phenoxy) is 1. The number of nitrogens with zero attached hydrogens (tertiary/aromatic N) is 3. The molecular weight excluding hydrogens is 449 g/mol. The number of alkyl halides is 3. The first-order valence-corrected chi connectivity index (χ1v) is 10.5. The van der Waals surface area contributed by atoms with Crippen LogP contribution in [0.4, 0.5) is 29.5 Å². The minimum Gasteiger partial charge on any atom is -0.410 e. The summed E-state index contributed by atoms with van der Waals surface area (Å²) in [6.07, 6.45) is -4.15. The van der Waals surface area contributed by atoms with Gasteiger partial charge in [-0.25, -0.2) is 9.78 Å². The van der Waals surface area contributed by atoms with Crippen LogP contribution in [0.5, 0.6) is 5.75 Å². The molecule has 7 nitrogen and oxygen atoms in total. The first kappa shape index (κ1) is 23.1. The van der Waals surface area contributed by atoms with Crippen molar-refractivity contribution in [1.82, 2.24) is 9.88 Å². The lowest BCUT2D eigenvalue weighted by Gasteiger charge is -2.34. The number of hydrogen-bond donors (Lipinski definition) is 1. The van der Waals surface area contributed by atoms with E-state index in [0.29, 0.717) is 49.0 Å². The van der Waals surface area contributed by atoms with Crippen LogP contribution in [0, 0.1) is 0 Å². The van der Waals surface area contributed by atoms with Gasteiger partial charge in [-0.15, -0.1) is 0 Å². The van der Waals surface area contributed by atoms with Gasteiger partial charge in [0.1, 0.15) is 11.6 Å². The fourth-order valence-corrected chi connectivity index (χ4v) is 3.42. The number of rotatable bonds is 4. The smallest absolute Gasteiger partial charge is 0.410 e. The van der Waals surface area contributed by atoms with Crippen molar-refractivity contribution < 1.29 is 27.5 Å². The molecule has 1 saturated heterocycles. The molecule has 0 atom stereocenters. The molecule has 3 aromatic rings. The topological polar surface area (TPSA) is 74.8 Å². The third-order valence-corrected chi connectivity index (χ3v) is 5.29. The van der Waals surface area contributed by atoms with Crippen LogP contribution in [0.3, 0.4) is 0 Å². The van der Waals surface area contributed by atoms with E-state index in [1.807, 2.05) is 11.0 Å². The molecule has 2 aromatic carbocycles. The predicted molar refractivity (Wildman–Crippen MR) is 120 cm³/mol. The zero-order valence-electron chi connectivity index (χ0n) is 18.0. The maximum Gasteiger partial charge on any atom is 0.417 e. The molecular formula is C24H21F3N4O3. The van der Waals surface area contributed by atoms with E-state index in [4.69, 9.17) is 4.74 Å². The van der Waals surface area contributed by atoms with E-state index in [2.05, 4.69) is 10.3 Å². The zero-order valence-corrected chi connectivity index (χ0v) is 18.0. The van der Waals surface area contributed by atoms with Gasteiger partial charge >= 0.3 is 12.3 Å². The molecule has 4 rings (SSSR count). The van der Waals surface area contributed by atoms with Gasteiger partial charge in [0.15, 0.2) is 0 Å². The van der Waals surface area contributed by atoms with Crippen LogP contribution in [0.25, 0.3) is 0 Å². The molecule has 1 aliphatic heterocycles. The van der Waals surface area contributed by atoms with E-state index in [1.165, 1.54) is 11.0 Å². The number of aromatic nitrogens is 1. The summed E-state index contributed by atoms with van der Waals surface area (Å²) in [6.45, 7) is 1.51. The molecule has 176 valence electrons. The molecule has 2 heterocycles. The van der Waals surface area contributed by atoms with Gasteiger partial charge < -0.3 is 19.9 Å². The second-order valence-electron chi connectivity index (χ2n) is 7.59. The summed E-state index contributed by atoms with van der Waals surface area (Å²) in [4.78, 5) is 31.9. The summed E-state index contributed by atoms with van der Waals surface area (Å²) in [6, 6.07) is 17.6. The standard InChI is InChI=1S/C24H21F3N4O3/c25-24(26,27)18-6-11-21(28-16-18)30-12-14-31(15-13-30)23(33)34-20-9-7-19(8-10-20)29-22(32)17-4-2-1-3-5-17/h1-11,16H,12-15H2,(H,29,32). The van der Waals surface area contributed by atoms with Crippen LogP contribution in [0.2, 0.25) is 0 Å². The van der Waals surface area contributed by atoms with Crippen LogP contribution < -0.4 is 15.0 Å². The van der Waals surface area contributed by atoms with E-state index in [0.717, 1.165) is 12.3 Å². The second kappa shape index (κ2) is 9.82. The molecule has 0 aliphatic carbocycles. The Kier molecular flexibility index (Phi) is 6.67. The second-order valence-corrected chi connectivity index (χ2v) is 7.59. The predicted octanol–water partition coefficient (Wildman–Crippen LogP) is 4.67. The van der Waals surface area contributed by atoms with Crippen LogP contribution in [-0.2, 0) is 6.18 Å². The molecule has 0 saturated carbocycles. The molecule has 0 radical (unpaired) electrons. The minimum absolute atomic E-state index is 0.245. The molecule has 1 aromatic heterocycles. The van der Waals surface area contributed by atoms with E-state index >= 15 is 0 Å². The summed E-state index contributed by atoms with van der Waals surface area (Å²) in [7, 11) is 0. The Morgan fingerprint density at radius 3 is 2.15 bits per heavy atom. The highest BCUT2D eigenvalue weighted by atomic mass is 19.4. The van der Waals surface area contributed by atoms with Gasteiger partial charge in [0.2, 0.25) is 0 Å². The number of halogens is 3. The van der Waals surface area contributed by atoms with Crippen molar-refractivity contribution in [2.45, 2.75) is 6.18 Å². The Morgan fingerprint density at radius 2 is 1.56 bits per heavy atom. The number of hydrogen-bond acceptors (Lipinski definition) is 5. The number of carbonyl (C=O) groups is 2. The van der Waals surface area contributed by atoms with E-state index in [9.17, 15) is 22.8 Å². The lowest BCUT2D eigenvalue weighted by molar-refractivity contribution is -0.137. The number of piperazine rings is 1. The van der Waals surface area contributed by atoms with Crippen molar-refractivity contribution in [3.63, 3.8) is 0 Å². The number of anilines is 2. The molecule has 0 unspecified atom stereocenters. The summed E-state index contributed by atoms with van der Waals surface area (Å²) in [5, 5.41) is 2.77. The quantitative estimate of drug-likeness (QED) is 0.600. The zero-order chi connectivity index (χ0) is 24.1. The lowest BCUT2D eigenvalue weighted by Crippen LogP contribution is -2.49. The highest BCUT2D eigenvalue weighted by molar-refractivity contribution is 6.04. The van der Waals surface area contributed by atoms with Crippen molar-refractivity contribution in [3.8, 4) is 5.75 Å². The molecule has 2 amide bonds. The van der Waals surface area contributed by atoms with Crippen molar-refractivity contribution in [2.75, 3.05) is 36.4 Å². The van der Waals surface area contributed by atoms with E-state index in [-0.39, 0.29) is 5.91 Å². The molecule has 10 heteroatoms. The van der Waals surface area contributed by atoms with Crippen molar-refractivity contribution >= 4 is 23.5 Å². The fraction of sp³-hybridized carbons (Fsp3) is 0.208. The van der Waals surface area contributed by atoms with Gasteiger partial charge in [0.05, 0.1) is 5.56 Å². The Bertz CT molecular complexity index is 1130. The number of pyridine rings is 1. The average molecular weight is 470 g/mol. The summed E-state index contributed by atoms with van der Waals surface area (Å²) >= 11 is 0. The first-order chi connectivity index (χ1) is 16.3. The Labute approximate surface area is 193 Å².